The smallest absolute Gasteiger partial charge is 0.387 e. The average molecular weight is 432 g/mol. The Kier molecular flexibility index (Phi) is 6.15. The number of nitrogens with one attached hydrogen (secondary N) is 1. The van der Waals surface area contributed by atoms with Gasteiger partial charge in [0.15, 0.2) is 5.75 Å². The molecule has 1 N–H and O–H groups in total. The third-order valence-corrected chi connectivity index (χ3v) is 4.90. The summed E-state index contributed by atoms with van der Waals surface area (Å²) in [7, 11) is 0. The van der Waals surface area contributed by atoms with E-state index in [9.17, 15) is 8.78 Å². The molecule has 7 heteroatoms. The van der Waals surface area contributed by atoms with E-state index in [4.69, 9.17) is 11.6 Å². The normalized spacial score (nSPS) is 17.9. The number of ether oxygens (including phenoxy) is 1. The second kappa shape index (κ2) is 8.34. The number of anilines is 1. The van der Waals surface area contributed by atoms with Crippen molar-refractivity contribution in [2.45, 2.75) is 25.6 Å². The first-order valence-corrected chi connectivity index (χ1v) is 9.15. The fourth-order valence-electron chi connectivity index (χ4n) is 3.03. The van der Waals surface area contributed by atoms with Gasteiger partial charge in [-0.1, -0.05) is 41.9 Å². The molecule has 1 aliphatic heterocycles. The second-order valence-corrected chi connectivity index (χ2v) is 7.28. The molecule has 0 spiro atoms. The van der Waals surface area contributed by atoms with E-state index in [0.29, 0.717) is 15.2 Å². The zero-order valence-corrected chi connectivity index (χ0v) is 15.7. The molecule has 3 nitrogen and oxygen atoms in total. The summed E-state index contributed by atoms with van der Waals surface area (Å²) in [6.07, 6.45) is 0.922. The number of alkyl halides is 2. The van der Waals surface area contributed by atoms with Crippen molar-refractivity contribution in [3.63, 3.8) is 0 Å². The van der Waals surface area contributed by atoms with Gasteiger partial charge in [0, 0.05) is 30.7 Å². The average Bonchev–Trinajstić information content (AvgIpc) is 2.98. The van der Waals surface area contributed by atoms with Gasteiger partial charge >= 0.3 is 6.61 Å². The molecule has 0 saturated carbocycles. The Labute approximate surface area is 159 Å². The highest BCUT2D eigenvalue weighted by Gasteiger charge is 2.24. The first kappa shape index (κ1) is 18.4. The molecule has 25 heavy (non-hydrogen) atoms. The van der Waals surface area contributed by atoms with Crippen LogP contribution in [0, 0.1) is 0 Å². The van der Waals surface area contributed by atoms with E-state index in [1.165, 1.54) is 5.56 Å². The largest absolute Gasteiger partial charge is 0.431 e. The molecule has 1 fully saturated rings. The molecule has 1 atom stereocenters. The molecule has 1 saturated heterocycles. The van der Waals surface area contributed by atoms with Crippen molar-refractivity contribution < 1.29 is 13.5 Å². The highest BCUT2D eigenvalue weighted by molar-refractivity contribution is 9.10. The van der Waals surface area contributed by atoms with Crippen LogP contribution in [0.1, 0.15) is 12.0 Å². The van der Waals surface area contributed by atoms with E-state index >= 15 is 0 Å². The molecule has 0 bridgehead atoms. The summed E-state index contributed by atoms with van der Waals surface area (Å²) >= 11 is 9.30. The molecular weight excluding hydrogens is 414 g/mol. The molecule has 2 aromatic rings. The van der Waals surface area contributed by atoms with Gasteiger partial charge in [-0.15, -0.1) is 0 Å². The maximum Gasteiger partial charge on any atom is 0.387 e. The first-order chi connectivity index (χ1) is 12.0. The highest BCUT2D eigenvalue weighted by atomic mass is 79.9. The summed E-state index contributed by atoms with van der Waals surface area (Å²) in [5.41, 5.74) is 1.74. The predicted molar refractivity (Wildman–Crippen MR) is 99.5 cm³/mol. The second-order valence-electron chi connectivity index (χ2n) is 5.99. The first-order valence-electron chi connectivity index (χ1n) is 7.98. The summed E-state index contributed by atoms with van der Waals surface area (Å²) in [5.74, 6) is 0.0842. The number of halogens is 4. The van der Waals surface area contributed by atoms with E-state index < -0.39 is 6.61 Å². The van der Waals surface area contributed by atoms with E-state index in [2.05, 4.69) is 43.0 Å². The molecule has 0 radical (unpaired) electrons. The number of hydrogen-bond acceptors (Lipinski definition) is 3. The van der Waals surface area contributed by atoms with Gasteiger partial charge < -0.3 is 10.1 Å². The predicted octanol–water partition coefficient (Wildman–Crippen LogP) is 5.39. The van der Waals surface area contributed by atoms with Crippen LogP contribution in [0.15, 0.2) is 46.9 Å². The molecule has 1 unspecified atom stereocenters. The van der Waals surface area contributed by atoms with Crippen molar-refractivity contribution in [1.82, 2.24) is 4.90 Å². The lowest BCUT2D eigenvalue weighted by atomic mass is 10.2. The summed E-state index contributed by atoms with van der Waals surface area (Å²) < 4.78 is 30.4. The summed E-state index contributed by atoms with van der Waals surface area (Å²) in [6.45, 7) is -0.248. The minimum absolute atomic E-state index is 0.0842. The van der Waals surface area contributed by atoms with Gasteiger partial charge in [0.05, 0.1) is 10.2 Å². The van der Waals surface area contributed by atoms with Crippen molar-refractivity contribution in [2.24, 2.45) is 0 Å². The molecule has 1 aliphatic rings. The molecule has 3 rings (SSSR count). The van der Waals surface area contributed by atoms with Gasteiger partial charge in [-0.05, 0) is 40.0 Å². The van der Waals surface area contributed by atoms with Crippen molar-refractivity contribution in [2.75, 3.05) is 18.4 Å². The third kappa shape index (κ3) is 5.06. The summed E-state index contributed by atoms with van der Waals surface area (Å²) in [6, 6.07) is 13.6. The van der Waals surface area contributed by atoms with Crippen LogP contribution in [0.2, 0.25) is 5.02 Å². The number of benzene rings is 2. The molecule has 2 aromatic carbocycles. The van der Waals surface area contributed by atoms with Crippen LogP contribution in [0.3, 0.4) is 0 Å². The Morgan fingerprint density at radius 3 is 2.76 bits per heavy atom. The fourth-order valence-corrected chi connectivity index (χ4v) is 3.94. The molecule has 0 aliphatic carbocycles. The van der Waals surface area contributed by atoms with Gasteiger partial charge in [-0.25, -0.2) is 0 Å². The Morgan fingerprint density at radius 2 is 2.04 bits per heavy atom. The van der Waals surface area contributed by atoms with Gasteiger partial charge in [0.1, 0.15) is 0 Å². The quantitative estimate of drug-likeness (QED) is 0.663. The van der Waals surface area contributed by atoms with Gasteiger partial charge in [-0.2, -0.15) is 8.78 Å². The van der Waals surface area contributed by atoms with Crippen LogP contribution in [-0.2, 0) is 6.54 Å². The van der Waals surface area contributed by atoms with Crippen molar-refractivity contribution in [3.8, 4) is 5.75 Å². The van der Waals surface area contributed by atoms with Crippen LogP contribution in [0.25, 0.3) is 0 Å². The van der Waals surface area contributed by atoms with E-state index in [0.717, 1.165) is 26.1 Å². The zero-order chi connectivity index (χ0) is 17.8. The number of nitrogens with zero attached hydrogens (tertiary/aromatic N) is 1. The Balaban J connectivity index is 1.67. The number of hydrogen-bond donors (Lipinski definition) is 1. The molecule has 0 amide bonds. The minimum Gasteiger partial charge on any atom is -0.431 e. The lowest BCUT2D eigenvalue weighted by molar-refractivity contribution is -0.0498. The molecule has 1 heterocycles. The zero-order valence-electron chi connectivity index (χ0n) is 13.4. The van der Waals surface area contributed by atoms with Crippen LogP contribution in [0.5, 0.6) is 5.75 Å². The van der Waals surface area contributed by atoms with Gasteiger partial charge in [-0.3, -0.25) is 4.90 Å². The van der Waals surface area contributed by atoms with Crippen LogP contribution >= 0.6 is 27.5 Å². The molecular formula is C18H18BrClF2N2O. The lowest BCUT2D eigenvalue weighted by Gasteiger charge is -2.20. The number of rotatable bonds is 6. The topological polar surface area (TPSA) is 24.5 Å². The van der Waals surface area contributed by atoms with Crippen LogP contribution < -0.4 is 10.1 Å². The van der Waals surface area contributed by atoms with E-state index in [-0.39, 0.29) is 11.8 Å². The monoisotopic (exact) mass is 430 g/mol. The minimum atomic E-state index is -2.89. The SMILES string of the molecule is FC(F)Oc1c(Br)cc(Cl)cc1NC1CCN(Cc2ccccc2)C1. The summed E-state index contributed by atoms with van der Waals surface area (Å²) in [4.78, 5) is 2.33. The third-order valence-electron chi connectivity index (χ3n) is 4.10. The van der Waals surface area contributed by atoms with Crippen molar-refractivity contribution in [3.05, 3.63) is 57.5 Å². The maximum absolute atomic E-state index is 12.7. The fraction of sp³-hybridized carbons (Fsp3) is 0.333. The maximum atomic E-state index is 12.7. The lowest BCUT2D eigenvalue weighted by Crippen LogP contribution is -2.26. The standard InChI is InChI=1S/C18H18BrClF2N2O/c19-15-8-13(20)9-16(17(15)25-18(21)22)23-14-6-7-24(11-14)10-12-4-2-1-3-5-12/h1-5,8-9,14,18,23H,6-7,10-11H2. The Hall–Kier alpha value is -1.37. The molecule has 0 aromatic heterocycles. The van der Waals surface area contributed by atoms with Gasteiger partial charge in [0.25, 0.3) is 0 Å². The van der Waals surface area contributed by atoms with Crippen molar-refractivity contribution >= 4 is 33.2 Å². The van der Waals surface area contributed by atoms with Crippen LogP contribution in [0.4, 0.5) is 14.5 Å². The van der Waals surface area contributed by atoms with Crippen molar-refractivity contribution in [1.29, 1.82) is 0 Å². The van der Waals surface area contributed by atoms with E-state index in [1.54, 1.807) is 12.1 Å². The molecule has 134 valence electrons. The number of likely N-dealkylation sites (tertiary alicyclic amines) is 1. The highest BCUT2D eigenvalue weighted by Crippen LogP contribution is 2.38. The summed E-state index contributed by atoms with van der Waals surface area (Å²) in [5, 5.41) is 3.75. The van der Waals surface area contributed by atoms with Gasteiger partial charge in [0.2, 0.25) is 0 Å². The van der Waals surface area contributed by atoms with Crippen LogP contribution in [-0.4, -0.2) is 30.6 Å². The van der Waals surface area contributed by atoms with E-state index in [1.807, 2.05) is 18.2 Å². The Morgan fingerprint density at radius 1 is 1.28 bits per heavy atom. The Bertz CT molecular complexity index is 718.